The Bertz CT molecular complexity index is 1480. The minimum atomic E-state index is -3.83. The normalized spacial score (nSPS) is 15.8. The maximum absolute atomic E-state index is 13.6. The fraction of sp³-hybridized carbons (Fsp3) is 0.538. The van der Waals surface area contributed by atoms with Gasteiger partial charge in [-0.2, -0.15) is 0 Å². The van der Waals surface area contributed by atoms with Gasteiger partial charge in [-0.3, -0.25) is 9.59 Å². The largest absolute Gasteiger partial charge is 0.481 e. The molecule has 13 heteroatoms. The van der Waals surface area contributed by atoms with Gasteiger partial charge in [0.25, 0.3) is 5.56 Å². The average molecular weight is 579 g/mol. The number of fused-ring (bicyclic) bond motifs is 1. The predicted molar refractivity (Wildman–Crippen MR) is 148 cm³/mol. The molecule has 3 aromatic rings. The molecule has 0 radical (unpaired) electrons. The van der Waals surface area contributed by atoms with Crippen molar-refractivity contribution in [3.8, 4) is 5.88 Å². The van der Waals surface area contributed by atoms with Gasteiger partial charge in [-0.15, -0.1) is 0 Å². The number of pyridine rings is 2. The monoisotopic (exact) mass is 578 g/mol. The third-order valence-electron chi connectivity index (χ3n) is 7.07. The molecule has 1 amide bonds. The third-order valence-corrected chi connectivity index (χ3v) is 10.5. The van der Waals surface area contributed by atoms with Gasteiger partial charge in [0.15, 0.2) is 15.0 Å². The molecular formula is C26H34N4O7S2. The summed E-state index contributed by atoms with van der Waals surface area (Å²) in [5.74, 6) is 0.193. The lowest BCUT2D eigenvalue weighted by Gasteiger charge is -2.28. The zero-order valence-corrected chi connectivity index (χ0v) is 24.1. The van der Waals surface area contributed by atoms with Crippen molar-refractivity contribution >= 4 is 42.6 Å². The minimum absolute atomic E-state index is 0.0822. The Labute approximate surface area is 231 Å². The van der Waals surface area contributed by atoms with Crippen molar-refractivity contribution in [2.24, 2.45) is 5.92 Å². The van der Waals surface area contributed by atoms with Crippen molar-refractivity contribution in [1.82, 2.24) is 14.5 Å². The molecule has 1 fully saturated rings. The quantitative estimate of drug-likeness (QED) is 0.362. The van der Waals surface area contributed by atoms with Crippen molar-refractivity contribution in [2.45, 2.75) is 55.2 Å². The van der Waals surface area contributed by atoms with E-state index in [1.807, 2.05) is 0 Å². The Morgan fingerprint density at radius 1 is 1.23 bits per heavy atom. The number of nitrogens with one attached hydrogen (secondary N) is 1. The van der Waals surface area contributed by atoms with Gasteiger partial charge in [-0.1, -0.05) is 11.3 Å². The topological polar surface area (TPSA) is 139 Å². The first kappa shape index (κ1) is 29.1. The van der Waals surface area contributed by atoms with E-state index in [1.54, 1.807) is 26.0 Å². The lowest BCUT2D eigenvalue weighted by atomic mass is 9.92. The second-order valence-corrected chi connectivity index (χ2v) is 13.7. The number of carbonyl (C=O) groups is 1. The molecular weight excluding hydrogens is 544 g/mol. The number of rotatable bonds is 11. The van der Waals surface area contributed by atoms with E-state index < -0.39 is 32.1 Å². The first-order valence-electron chi connectivity index (χ1n) is 12.7. The van der Waals surface area contributed by atoms with Gasteiger partial charge >= 0.3 is 0 Å². The molecule has 0 aliphatic carbocycles. The van der Waals surface area contributed by atoms with E-state index in [1.165, 1.54) is 42.4 Å². The highest BCUT2D eigenvalue weighted by Crippen LogP contribution is 2.31. The maximum atomic E-state index is 13.6. The highest BCUT2D eigenvalue weighted by atomic mass is 32.2. The fourth-order valence-corrected chi connectivity index (χ4v) is 6.82. The molecule has 1 aliphatic rings. The smallest absolute Gasteiger partial charge is 0.252 e. The Kier molecular flexibility index (Phi) is 9.04. The summed E-state index contributed by atoms with van der Waals surface area (Å²) in [6.07, 6.45) is 3.60. The number of sulfone groups is 1. The second kappa shape index (κ2) is 12.1. The molecule has 39 heavy (non-hydrogen) atoms. The van der Waals surface area contributed by atoms with Crippen LogP contribution in [0.1, 0.15) is 45.6 Å². The standard InChI is InChI=1S/C26H34N4O7S2/c1-26(2,10-14-35-3)39(33,34)18-7-11-30(22(31)16-18)20(15-17-8-12-37-13-9-17)23(32)29-25-27-19-5-6-21(36-4)28-24(19)38-25/h5-7,11,16-17,20H,8-10,12-15H2,1-4H3,(H,27,29,32)/t20-/m0/s1. The molecule has 1 aliphatic heterocycles. The Hall–Kier alpha value is -2.87. The van der Waals surface area contributed by atoms with Gasteiger partial charge in [-0.05, 0) is 57.6 Å². The van der Waals surface area contributed by atoms with E-state index >= 15 is 0 Å². The highest BCUT2D eigenvalue weighted by Gasteiger charge is 2.36. The van der Waals surface area contributed by atoms with Crippen molar-refractivity contribution in [1.29, 1.82) is 0 Å². The van der Waals surface area contributed by atoms with Crippen LogP contribution >= 0.6 is 11.3 Å². The minimum Gasteiger partial charge on any atom is -0.481 e. The second-order valence-electron chi connectivity index (χ2n) is 10.1. The molecule has 0 aromatic carbocycles. The molecule has 4 heterocycles. The van der Waals surface area contributed by atoms with E-state index in [4.69, 9.17) is 14.2 Å². The van der Waals surface area contributed by atoms with Crippen molar-refractivity contribution < 1.29 is 27.4 Å². The summed E-state index contributed by atoms with van der Waals surface area (Å²) in [5.41, 5.74) is 0.0430. The van der Waals surface area contributed by atoms with Gasteiger partial charge in [0, 0.05) is 45.3 Å². The van der Waals surface area contributed by atoms with Crippen LogP contribution < -0.4 is 15.6 Å². The maximum Gasteiger partial charge on any atom is 0.252 e. The van der Waals surface area contributed by atoms with E-state index in [9.17, 15) is 18.0 Å². The van der Waals surface area contributed by atoms with Crippen molar-refractivity contribution in [3.05, 3.63) is 40.8 Å². The molecule has 1 atom stereocenters. The van der Waals surface area contributed by atoms with Crippen LogP contribution in [0.15, 0.2) is 40.2 Å². The van der Waals surface area contributed by atoms with Crippen molar-refractivity contribution in [2.75, 3.05) is 39.4 Å². The summed E-state index contributed by atoms with van der Waals surface area (Å²) < 4.78 is 42.5. The molecule has 3 aromatic heterocycles. The summed E-state index contributed by atoms with van der Waals surface area (Å²) in [6.45, 7) is 4.66. The van der Waals surface area contributed by atoms with Gasteiger partial charge < -0.3 is 24.1 Å². The van der Waals surface area contributed by atoms with Gasteiger partial charge in [-0.25, -0.2) is 18.4 Å². The molecule has 0 unspecified atom stereocenters. The Morgan fingerprint density at radius 3 is 2.64 bits per heavy atom. The summed E-state index contributed by atoms with van der Waals surface area (Å²) in [5, 5.41) is 3.19. The number of aromatic nitrogens is 3. The summed E-state index contributed by atoms with van der Waals surface area (Å²) in [6, 6.07) is 5.07. The number of thiazole rings is 1. The number of carbonyl (C=O) groups excluding carboxylic acids is 1. The summed E-state index contributed by atoms with van der Waals surface area (Å²) in [7, 11) is -0.798. The number of methoxy groups -OCH3 is 2. The van der Waals surface area contributed by atoms with E-state index in [0.717, 1.165) is 18.9 Å². The number of ether oxygens (including phenoxy) is 3. The van der Waals surface area contributed by atoms with E-state index in [0.29, 0.717) is 41.0 Å². The van der Waals surface area contributed by atoms with Crippen LogP contribution in [0.5, 0.6) is 5.88 Å². The summed E-state index contributed by atoms with van der Waals surface area (Å²) >= 11 is 1.20. The number of amides is 1. The van der Waals surface area contributed by atoms with Crippen LogP contribution in [-0.4, -0.2) is 67.6 Å². The third kappa shape index (κ3) is 6.48. The number of hydrogen-bond donors (Lipinski definition) is 1. The summed E-state index contributed by atoms with van der Waals surface area (Å²) in [4.78, 5) is 36.2. The fourth-order valence-electron chi connectivity index (χ4n) is 4.50. The predicted octanol–water partition coefficient (Wildman–Crippen LogP) is 3.45. The molecule has 1 N–H and O–H groups in total. The Balaban J connectivity index is 1.64. The first-order chi connectivity index (χ1) is 18.6. The van der Waals surface area contributed by atoms with Crippen LogP contribution in [0.3, 0.4) is 0 Å². The molecule has 1 saturated heterocycles. The van der Waals surface area contributed by atoms with Crippen molar-refractivity contribution in [3.63, 3.8) is 0 Å². The van der Waals surface area contributed by atoms with Gasteiger partial charge in [0.2, 0.25) is 11.8 Å². The lowest BCUT2D eigenvalue weighted by Crippen LogP contribution is -2.37. The first-order valence-corrected chi connectivity index (χ1v) is 15.0. The van der Waals surface area contributed by atoms with Crippen LogP contribution in [0.25, 0.3) is 10.3 Å². The van der Waals surface area contributed by atoms with Crippen LogP contribution in [-0.2, 0) is 24.1 Å². The van der Waals surface area contributed by atoms with Crippen LogP contribution in [0.2, 0.25) is 0 Å². The zero-order chi connectivity index (χ0) is 28.2. The SMILES string of the molecule is COCCC(C)(C)S(=O)(=O)c1ccn([C@@H](CC2CCOCC2)C(=O)Nc2nc3ccc(OC)nc3s2)c(=O)c1. The average Bonchev–Trinajstić information content (AvgIpc) is 3.32. The number of nitrogens with zero attached hydrogens (tertiary/aromatic N) is 3. The highest BCUT2D eigenvalue weighted by molar-refractivity contribution is 7.92. The van der Waals surface area contributed by atoms with E-state index in [-0.39, 0.29) is 23.8 Å². The van der Waals surface area contributed by atoms with Gasteiger partial charge in [0.1, 0.15) is 16.4 Å². The number of hydrogen-bond acceptors (Lipinski definition) is 10. The van der Waals surface area contributed by atoms with Crippen LogP contribution in [0, 0.1) is 5.92 Å². The number of anilines is 1. The Morgan fingerprint density at radius 2 is 1.97 bits per heavy atom. The lowest BCUT2D eigenvalue weighted by molar-refractivity contribution is -0.120. The van der Waals surface area contributed by atoms with E-state index in [2.05, 4.69) is 15.3 Å². The van der Waals surface area contributed by atoms with Crippen LogP contribution in [0.4, 0.5) is 5.13 Å². The molecule has 0 bridgehead atoms. The molecule has 4 rings (SSSR count). The molecule has 212 valence electrons. The zero-order valence-electron chi connectivity index (χ0n) is 22.5. The molecule has 11 nitrogen and oxygen atoms in total. The molecule has 0 spiro atoms. The van der Waals surface area contributed by atoms with Gasteiger partial charge in [0.05, 0.1) is 16.8 Å². The molecule has 0 saturated carbocycles.